The molecule has 2 aromatic rings. The molecule has 1 aromatic carbocycles. The summed E-state index contributed by atoms with van der Waals surface area (Å²) in [6.07, 6.45) is 1.75. The van der Waals surface area contributed by atoms with E-state index in [0.29, 0.717) is 5.46 Å². The Labute approximate surface area is 113 Å². The minimum Gasteiger partial charge on any atom is -0.426 e. The number of hydrogen-bond acceptors (Lipinski definition) is 2. The van der Waals surface area contributed by atoms with Gasteiger partial charge in [0.25, 0.3) is 0 Å². The number of aromatic amines is 1. The smallest absolute Gasteiger partial charge is 0.334 e. The summed E-state index contributed by atoms with van der Waals surface area (Å²) >= 11 is 0. The molecule has 1 radical (unpaired) electrons. The van der Waals surface area contributed by atoms with Gasteiger partial charge in [0.15, 0.2) is 0 Å². The molecular formula is C14H18BFNO2. The SMILES string of the molecule is CC(C)(O)C(C)(C)O[B]c1c(F)ccc2[nH]ccc12. The predicted octanol–water partition coefficient (Wildman–Crippen LogP) is 2.12. The van der Waals surface area contributed by atoms with Gasteiger partial charge in [0.1, 0.15) is 5.82 Å². The number of H-pyrrole nitrogens is 1. The highest BCUT2D eigenvalue weighted by atomic mass is 19.1. The van der Waals surface area contributed by atoms with Gasteiger partial charge in [0, 0.05) is 11.7 Å². The van der Waals surface area contributed by atoms with Crippen molar-refractivity contribution in [2.24, 2.45) is 0 Å². The standard InChI is InChI=1S/C14H18BFNO2/c1-13(2,18)14(3,4)19-15-12-9-7-8-17-11(9)6-5-10(12)16/h5-8,17-18H,1-4H3. The summed E-state index contributed by atoms with van der Waals surface area (Å²) in [4.78, 5) is 3.02. The Morgan fingerprint density at radius 3 is 2.53 bits per heavy atom. The Hall–Kier alpha value is -1.33. The largest absolute Gasteiger partial charge is 0.426 e. The van der Waals surface area contributed by atoms with E-state index in [0.717, 1.165) is 10.9 Å². The Bertz CT molecular complexity index is 587. The molecule has 0 fully saturated rings. The van der Waals surface area contributed by atoms with Gasteiger partial charge in [-0.15, -0.1) is 0 Å². The van der Waals surface area contributed by atoms with Crippen LogP contribution in [0.2, 0.25) is 0 Å². The van der Waals surface area contributed by atoms with Crippen molar-refractivity contribution in [3.63, 3.8) is 0 Å². The maximum absolute atomic E-state index is 13.9. The van der Waals surface area contributed by atoms with Gasteiger partial charge in [-0.05, 0) is 56.7 Å². The molecule has 0 saturated carbocycles. The van der Waals surface area contributed by atoms with Crippen LogP contribution < -0.4 is 5.46 Å². The molecule has 1 aromatic heterocycles. The molecule has 0 unspecified atom stereocenters. The van der Waals surface area contributed by atoms with Crippen molar-refractivity contribution in [2.45, 2.75) is 38.9 Å². The Morgan fingerprint density at radius 2 is 1.89 bits per heavy atom. The fraction of sp³-hybridized carbons (Fsp3) is 0.429. The second kappa shape index (κ2) is 4.65. The van der Waals surface area contributed by atoms with E-state index in [4.69, 9.17) is 4.65 Å². The monoisotopic (exact) mass is 262 g/mol. The quantitative estimate of drug-likeness (QED) is 0.829. The maximum atomic E-state index is 13.9. The minimum absolute atomic E-state index is 0.348. The van der Waals surface area contributed by atoms with Crippen LogP contribution in [0.15, 0.2) is 24.4 Å². The normalized spacial score (nSPS) is 12.9. The van der Waals surface area contributed by atoms with Gasteiger partial charge in [-0.3, -0.25) is 0 Å². The van der Waals surface area contributed by atoms with Crippen LogP contribution in [0.3, 0.4) is 0 Å². The van der Waals surface area contributed by atoms with E-state index in [9.17, 15) is 9.50 Å². The van der Waals surface area contributed by atoms with Crippen molar-refractivity contribution in [1.29, 1.82) is 0 Å². The number of hydrogen-bond donors (Lipinski definition) is 2. The van der Waals surface area contributed by atoms with E-state index in [2.05, 4.69) is 4.98 Å². The molecule has 0 bridgehead atoms. The lowest BCUT2D eigenvalue weighted by atomic mass is 9.81. The van der Waals surface area contributed by atoms with Crippen LogP contribution in [0.25, 0.3) is 10.9 Å². The predicted molar refractivity (Wildman–Crippen MR) is 75.1 cm³/mol. The third kappa shape index (κ3) is 2.67. The number of rotatable bonds is 4. The van der Waals surface area contributed by atoms with E-state index < -0.39 is 11.2 Å². The maximum Gasteiger partial charge on any atom is 0.334 e. The van der Waals surface area contributed by atoms with Crippen LogP contribution in [0, 0.1) is 5.82 Å². The number of aromatic nitrogens is 1. The third-order valence-corrected chi connectivity index (χ3v) is 3.67. The molecule has 0 saturated heterocycles. The number of fused-ring (bicyclic) bond motifs is 1. The van der Waals surface area contributed by atoms with E-state index in [1.54, 1.807) is 46.0 Å². The summed E-state index contributed by atoms with van der Waals surface area (Å²) in [5.74, 6) is -0.348. The van der Waals surface area contributed by atoms with Gasteiger partial charge in [-0.2, -0.15) is 0 Å². The van der Waals surface area contributed by atoms with Crippen molar-refractivity contribution >= 4 is 23.8 Å². The molecule has 0 aliphatic carbocycles. The van der Waals surface area contributed by atoms with Gasteiger partial charge in [0.2, 0.25) is 0 Å². The van der Waals surface area contributed by atoms with Crippen molar-refractivity contribution in [3.05, 3.63) is 30.2 Å². The molecule has 1 heterocycles. The molecule has 101 valence electrons. The Balaban J connectivity index is 2.27. The summed E-state index contributed by atoms with van der Waals surface area (Å²) in [5, 5.41) is 10.8. The highest BCUT2D eigenvalue weighted by molar-refractivity contribution is 6.51. The lowest BCUT2D eigenvalue weighted by molar-refractivity contribution is -0.0893. The zero-order valence-electron chi connectivity index (χ0n) is 11.6. The molecule has 0 atom stereocenters. The molecule has 0 aliphatic heterocycles. The summed E-state index contributed by atoms with van der Waals surface area (Å²) < 4.78 is 19.5. The highest BCUT2D eigenvalue weighted by Crippen LogP contribution is 2.24. The number of halogens is 1. The number of benzene rings is 1. The molecule has 0 aliphatic rings. The van der Waals surface area contributed by atoms with Gasteiger partial charge in [0.05, 0.1) is 11.2 Å². The van der Waals surface area contributed by atoms with Crippen molar-refractivity contribution in [1.82, 2.24) is 4.98 Å². The molecule has 2 N–H and O–H groups in total. The fourth-order valence-corrected chi connectivity index (χ4v) is 1.60. The number of aliphatic hydroxyl groups is 1. The van der Waals surface area contributed by atoms with Crippen LogP contribution in [-0.2, 0) is 4.65 Å². The second-order valence-electron chi connectivity index (χ2n) is 5.70. The van der Waals surface area contributed by atoms with Gasteiger partial charge < -0.3 is 14.7 Å². The topological polar surface area (TPSA) is 45.2 Å². The van der Waals surface area contributed by atoms with E-state index in [1.807, 2.05) is 0 Å². The van der Waals surface area contributed by atoms with Crippen LogP contribution in [0.4, 0.5) is 4.39 Å². The fourth-order valence-electron chi connectivity index (χ4n) is 1.60. The van der Waals surface area contributed by atoms with Gasteiger partial charge in [-0.25, -0.2) is 4.39 Å². The Morgan fingerprint density at radius 1 is 1.21 bits per heavy atom. The average Bonchev–Trinajstić information content (AvgIpc) is 2.74. The van der Waals surface area contributed by atoms with E-state index in [-0.39, 0.29) is 5.82 Å². The second-order valence-corrected chi connectivity index (χ2v) is 5.70. The lowest BCUT2D eigenvalue weighted by Gasteiger charge is -2.37. The van der Waals surface area contributed by atoms with Gasteiger partial charge in [-0.1, -0.05) is 0 Å². The van der Waals surface area contributed by atoms with Gasteiger partial charge >= 0.3 is 7.48 Å². The summed E-state index contributed by atoms with van der Waals surface area (Å²) in [6, 6.07) is 4.87. The summed E-state index contributed by atoms with van der Waals surface area (Å²) in [6.45, 7) is 6.85. The molecule has 5 heteroatoms. The molecule has 0 spiro atoms. The first-order chi connectivity index (χ1) is 8.72. The van der Waals surface area contributed by atoms with Crippen LogP contribution in [0.5, 0.6) is 0 Å². The summed E-state index contributed by atoms with van der Waals surface area (Å²) in [5.41, 5.74) is -0.627. The van der Waals surface area contributed by atoms with E-state index >= 15 is 0 Å². The van der Waals surface area contributed by atoms with Crippen molar-refractivity contribution < 1.29 is 14.2 Å². The lowest BCUT2D eigenvalue weighted by Crippen LogP contribution is -2.49. The number of nitrogens with one attached hydrogen (secondary N) is 1. The summed E-state index contributed by atoms with van der Waals surface area (Å²) in [7, 11) is 1.38. The van der Waals surface area contributed by atoms with Crippen molar-refractivity contribution in [2.75, 3.05) is 0 Å². The van der Waals surface area contributed by atoms with E-state index in [1.165, 1.54) is 13.5 Å². The molecule has 3 nitrogen and oxygen atoms in total. The first kappa shape index (κ1) is 14.1. The first-order valence-electron chi connectivity index (χ1n) is 6.21. The third-order valence-electron chi connectivity index (χ3n) is 3.67. The van der Waals surface area contributed by atoms with Crippen LogP contribution >= 0.6 is 0 Å². The molecule has 0 amide bonds. The highest BCUT2D eigenvalue weighted by Gasteiger charge is 2.36. The zero-order valence-corrected chi connectivity index (χ0v) is 11.6. The van der Waals surface area contributed by atoms with Crippen LogP contribution in [0.1, 0.15) is 27.7 Å². The molecule has 19 heavy (non-hydrogen) atoms. The Kier molecular flexibility index (Phi) is 3.45. The van der Waals surface area contributed by atoms with Crippen molar-refractivity contribution in [3.8, 4) is 0 Å². The molecule has 2 rings (SSSR count). The molecular weight excluding hydrogens is 244 g/mol. The zero-order chi connectivity index (χ0) is 14.3. The average molecular weight is 262 g/mol. The minimum atomic E-state index is -1.04. The first-order valence-corrected chi connectivity index (χ1v) is 6.21. The van der Waals surface area contributed by atoms with Crippen LogP contribution in [-0.4, -0.2) is 28.8 Å².